The van der Waals surface area contributed by atoms with Crippen LogP contribution in [0.25, 0.3) is 0 Å². The number of carbonyl (C=O) groups excluding carboxylic acids is 1. The Labute approximate surface area is 185 Å². The maximum Gasteiger partial charge on any atom is 0.256 e. The van der Waals surface area contributed by atoms with Gasteiger partial charge in [-0.25, -0.2) is 0 Å². The highest BCUT2D eigenvalue weighted by Crippen LogP contribution is 2.41. The molecule has 2 aliphatic heterocycles. The SMILES string of the molecule is CO[C@@H](c1cc(Cl)c2c(c1Cl)C(=O)N(Cc1c(C)cc(C)[nH]c1=O)CC2)C1COC1. The second-order valence-electron chi connectivity index (χ2n) is 7.99. The van der Waals surface area contributed by atoms with Gasteiger partial charge >= 0.3 is 0 Å². The van der Waals surface area contributed by atoms with Gasteiger partial charge in [0, 0.05) is 41.4 Å². The third-order valence-corrected chi connectivity index (χ3v) is 6.72. The first-order chi connectivity index (χ1) is 14.3. The summed E-state index contributed by atoms with van der Waals surface area (Å²) in [7, 11) is 1.62. The van der Waals surface area contributed by atoms with Crippen molar-refractivity contribution in [3.63, 3.8) is 0 Å². The van der Waals surface area contributed by atoms with E-state index in [1.807, 2.05) is 26.0 Å². The molecular weight excluding hydrogens is 427 g/mol. The van der Waals surface area contributed by atoms with Gasteiger partial charge in [-0.2, -0.15) is 0 Å². The molecule has 0 saturated carbocycles. The number of halogens is 2. The summed E-state index contributed by atoms with van der Waals surface area (Å²) >= 11 is 13.3. The average Bonchev–Trinajstić information content (AvgIpc) is 2.65. The lowest BCUT2D eigenvalue weighted by atomic mass is 9.89. The van der Waals surface area contributed by atoms with Gasteiger partial charge in [0.1, 0.15) is 0 Å². The van der Waals surface area contributed by atoms with E-state index in [1.165, 1.54) is 0 Å². The molecule has 0 bridgehead atoms. The summed E-state index contributed by atoms with van der Waals surface area (Å²) in [5.41, 5.74) is 3.93. The molecule has 0 spiro atoms. The van der Waals surface area contributed by atoms with E-state index in [0.717, 1.165) is 16.8 Å². The zero-order valence-corrected chi connectivity index (χ0v) is 18.7. The largest absolute Gasteiger partial charge is 0.380 e. The van der Waals surface area contributed by atoms with Crippen LogP contribution in [0.4, 0.5) is 0 Å². The molecule has 4 rings (SSSR count). The van der Waals surface area contributed by atoms with E-state index >= 15 is 0 Å². The van der Waals surface area contributed by atoms with Gasteiger partial charge in [-0.05, 0) is 43.5 Å². The zero-order valence-electron chi connectivity index (χ0n) is 17.2. The summed E-state index contributed by atoms with van der Waals surface area (Å²) < 4.78 is 11.0. The smallest absolute Gasteiger partial charge is 0.256 e. The van der Waals surface area contributed by atoms with Crippen molar-refractivity contribution >= 4 is 29.1 Å². The van der Waals surface area contributed by atoms with Crippen molar-refractivity contribution in [1.82, 2.24) is 9.88 Å². The van der Waals surface area contributed by atoms with Gasteiger partial charge in [0.05, 0.1) is 36.4 Å². The predicted molar refractivity (Wildman–Crippen MR) is 116 cm³/mol. The number of nitrogens with zero attached hydrogens (tertiary/aromatic N) is 1. The number of rotatable bonds is 5. The molecular formula is C22H24Cl2N2O4. The van der Waals surface area contributed by atoms with Crippen LogP contribution >= 0.6 is 23.2 Å². The topological polar surface area (TPSA) is 71.6 Å². The minimum Gasteiger partial charge on any atom is -0.380 e. The van der Waals surface area contributed by atoms with Gasteiger partial charge < -0.3 is 19.4 Å². The number of aromatic nitrogens is 1. The molecule has 1 atom stereocenters. The minimum absolute atomic E-state index is 0.171. The second-order valence-corrected chi connectivity index (χ2v) is 8.77. The molecule has 2 aromatic rings. The number of benzene rings is 1. The number of carbonyl (C=O) groups is 1. The lowest BCUT2D eigenvalue weighted by Crippen LogP contribution is -2.39. The Balaban J connectivity index is 1.71. The molecule has 1 aromatic heterocycles. The summed E-state index contributed by atoms with van der Waals surface area (Å²) in [6.45, 7) is 5.58. The van der Waals surface area contributed by atoms with Crippen molar-refractivity contribution in [1.29, 1.82) is 0 Å². The fourth-order valence-corrected chi connectivity index (χ4v) is 4.95. The molecule has 1 amide bonds. The van der Waals surface area contributed by atoms with E-state index in [-0.39, 0.29) is 30.0 Å². The van der Waals surface area contributed by atoms with E-state index < -0.39 is 0 Å². The molecule has 2 aliphatic rings. The van der Waals surface area contributed by atoms with Gasteiger partial charge in [0.15, 0.2) is 0 Å². The summed E-state index contributed by atoms with van der Waals surface area (Å²) in [5.74, 6) is -0.0470. The van der Waals surface area contributed by atoms with Crippen LogP contribution in [0.1, 0.15) is 44.4 Å². The number of pyridine rings is 1. The highest BCUT2D eigenvalue weighted by atomic mass is 35.5. The zero-order chi connectivity index (χ0) is 21.6. The van der Waals surface area contributed by atoms with Crippen LogP contribution in [0.3, 0.4) is 0 Å². The van der Waals surface area contributed by atoms with Crippen LogP contribution in [0.2, 0.25) is 10.0 Å². The normalized spacial score (nSPS) is 17.6. The third-order valence-electron chi connectivity index (χ3n) is 5.97. The first-order valence-electron chi connectivity index (χ1n) is 9.91. The third kappa shape index (κ3) is 3.66. The molecule has 1 saturated heterocycles. The van der Waals surface area contributed by atoms with E-state index in [2.05, 4.69) is 4.98 Å². The van der Waals surface area contributed by atoms with Crippen LogP contribution < -0.4 is 5.56 Å². The fourth-order valence-electron chi connectivity index (χ4n) is 4.29. The summed E-state index contributed by atoms with van der Waals surface area (Å²) in [4.78, 5) is 30.3. The van der Waals surface area contributed by atoms with Crippen molar-refractivity contribution in [3.8, 4) is 0 Å². The van der Waals surface area contributed by atoms with E-state index in [4.69, 9.17) is 32.7 Å². The first-order valence-corrected chi connectivity index (χ1v) is 10.7. The second kappa shape index (κ2) is 8.35. The Kier molecular flexibility index (Phi) is 5.95. The van der Waals surface area contributed by atoms with Gasteiger partial charge in [-0.15, -0.1) is 0 Å². The van der Waals surface area contributed by atoms with Crippen LogP contribution in [0.15, 0.2) is 16.9 Å². The fraction of sp³-hybridized carbons (Fsp3) is 0.455. The number of nitrogens with one attached hydrogen (secondary N) is 1. The summed E-state index contributed by atoms with van der Waals surface area (Å²) in [6.07, 6.45) is 0.284. The number of H-pyrrole nitrogens is 1. The van der Waals surface area contributed by atoms with Crippen molar-refractivity contribution in [2.45, 2.75) is 32.9 Å². The molecule has 0 radical (unpaired) electrons. The van der Waals surface area contributed by atoms with Crippen molar-refractivity contribution in [3.05, 3.63) is 66.0 Å². The Morgan fingerprint density at radius 2 is 2.00 bits per heavy atom. The van der Waals surface area contributed by atoms with Gasteiger partial charge in [-0.1, -0.05) is 23.2 Å². The molecule has 8 heteroatoms. The number of amides is 1. The van der Waals surface area contributed by atoms with Gasteiger partial charge in [0.25, 0.3) is 11.5 Å². The molecule has 3 heterocycles. The van der Waals surface area contributed by atoms with E-state index in [1.54, 1.807) is 12.0 Å². The number of methoxy groups -OCH3 is 1. The number of aryl methyl sites for hydroxylation is 2. The Hall–Kier alpha value is -1.86. The number of aromatic amines is 1. The molecule has 1 N–H and O–H groups in total. The number of hydrogen-bond acceptors (Lipinski definition) is 4. The van der Waals surface area contributed by atoms with Crippen molar-refractivity contribution in [2.24, 2.45) is 5.92 Å². The summed E-state index contributed by atoms with van der Waals surface area (Å²) in [6, 6.07) is 3.72. The molecule has 160 valence electrons. The standard InChI is InChI=1S/C22H24Cl2N2O4/c1-11-6-12(2)25-21(27)16(11)8-26-5-4-14-17(23)7-15(19(24)18(14)22(26)28)20(29-3)13-9-30-10-13/h6-7,13,20H,4-5,8-10H2,1-3H3,(H,25,27)/t20-/m1/s1. The number of ether oxygens (including phenoxy) is 2. The van der Waals surface area contributed by atoms with Crippen LogP contribution in [-0.4, -0.2) is 42.7 Å². The quantitative estimate of drug-likeness (QED) is 0.750. The molecule has 6 nitrogen and oxygen atoms in total. The molecule has 0 aliphatic carbocycles. The highest BCUT2D eigenvalue weighted by Gasteiger charge is 2.36. The van der Waals surface area contributed by atoms with Gasteiger partial charge in [0.2, 0.25) is 0 Å². The number of fused-ring (bicyclic) bond motifs is 1. The lowest BCUT2D eigenvalue weighted by molar-refractivity contribution is -0.105. The van der Waals surface area contributed by atoms with Crippen LogP contribution in [0.5, 0.6) is 0 Å². The molecule has 0 unspecified atom stereocenters. The van der Waals surface area contributed by atoms with E-state index in [0.29, 0.717) is 52.9 Å². The van der Waals surface area contributed by atoms with E-state index in [9.17, 15) is 9.59 Å². The molecule has 1 fully saturated rings. The predicted octanol–water partition coefficient (Wildman–Crippen LogP) is 3.83. The van der Waals surface area contributed by atoms with Crippen LogP contribution in [-0.2, 0) is 22.4 Å². The first kappa shape index (κ1) is 21.4. The lowest BCUT2D eigenvalue weighted by Gasteiger charge is -2.35. The Morgan fingerprint density at radius 3 is 2.60 bits per heavy atom. The Bertz CT molecular complexity index is 1060. The van der Waals surface area contributed by atoms with Crippen molar-refractivity contribution in [2.75, 3.05) is 26.9 Å². The number of hydrogen-bond donors (Lipinski definition) is 1. The summed E-state index contributed by atoms with van der Waals surface area (Å²) in [5, 5.41) is 0.890. The highest BCUT2D eigenvalue weighted by molar-refractivity contribution is 6.37. The van der Waals surface area contributed by atoms with Crippen molar-refractivity contribution < 1.29 is 14.3 Å². The maximum atomic E-state index is 13.4. The van der Waals surface area contributed by atoms with Crippen LogP contribution in [0, 0.1) is 19.8 Å². The maximum absolute atomic E-state index is 13.4. The molecule has 30 heavy (non-hydrogen) atoms. The monoisotopic (exact) mass is 450 g/mol. The van der Waals surface area contributed by atoms with Gasteiger partial charge in [-0.3, -0.25) is 9.59 Å². The average molecular weight is 451 g/mol. The molecule has 1 aromatic carbocycles. The Morgan fingerprint density at radius 1 is 1.27 bits per heavy atom. The minimum atomic E-state index is -0.292.